The van der Waals surface area contributed by atoms with Gasteiger partial charge < -0.3 is 19.5 Å². The molecule has 0 bridgehead atoms. The van der Waals surface area contributed by atoms with E-state index in [2.05, 4.69) is 56.2 Å². The highest BCUT2D eigenvalue weighted by atomic mass is 32.2. The minimum Gasteiger partial charge on any atom is -0.497 e. The van der Waals surface area contributed by atoms with Crippen molar-refractivity contribution >= 4 is 29.2 Å². The quantitative estimate of drug-likeness (QED) is 0.419. The van der Waals surface area contributed by atoms with E-state index in [0.717, 1.165) is 47.8 Å². The van der Waals surface area contributed by atoms with Crippen LogP contribution < -0.4 is 15.0 Å². The van der Waals surface area contributed by atoms with E-state index in [1.165, 1.54) is 11.4 Å². The normalized spacial score (nSPS) is 14.4. The number of aryl methyl sites for hydroxylation is 2. The van der Waals surface area contributed by atoms with Gasteiger partial charge in [-0.1, -0.05) is 0 Å². The number of carbonyl (C=O) groups excluding carboxylic acids is 1. The van der Waals surface area contributed by atoms with Crippen molar-refractivity contribution in [3.63, 3.8) is 0 Å². The predicted molar refractivity (Wildman–Crippen MR) is 143 cm³/mol. The second-order valence-corrected chi connectivity index (χ2v) is 10.4. The number of piperidine rings is 1. The van der Waals surface area contributed by atoms with Gasteiger partial charge in [-0.05, 0) is 86.8 Å². The van der Waals surface area contributed by atoms with Crippen molar-refractivity contribution in [1.29, 1.82) is 0 Å². The molecule has 1 fully saturated rings. The van der Waals surface area contributed by atoms with Gasteiger partial charge in [-0.25, -0.2) is 9.29 Å². The molecule has 7 nitrogen and oxygen atoms in total. The first-order valence-corrected chi connectivity index (χ1v) is 12.8. The molecule has 0 spiro atoms. The number of nitrogens with one attached hydrogen (secondary N) is 1. The lowest BCUT2D eigenvalue weighted by Crippen LogP contribution is -2.33. The van der Waals surface area contributed by atoms with Crippen molar-refractivity contribution in [3.05, 3.63) is 66.2 Å². The van der Waals surface area contributed by atoms with E-state index in [1.807, 2.05) is 43.8 Å². The van der Waals surface area contributed by atoms with Crippen molar-refractivity contribution in [2.75, 3.05) is 44.0 Å². The molecule has 0 atom stereocenters. The summed E-state index contributed by atoms with van der Waals surface area (Å²) in [5.74, 6) is 1.45. The molecule has 0 radical (unpaired) electrons. The Bertz CT molecular complexity index is 1120. The largest absolute Gasteiger partial charge is 0.497 e. The Morgan fingerprint density at radius 3 is 2.57 bits per heavy atom. The molecule has 1 saturated heterocycles. The molecule has 2 heterocycles. The standard InChI is InChI=1S/C27H35N5O2S/c1-20-17-24(34-4)9-10-26(20)35-31(3)14-13-27(33)29-22-5-7-23(8-6-22)32-15-11-21(12-16-32)25-18-28-19-30(25)2/h5-10,17-19,21H,11-16H2,1-4H3,(H,29,33). The summed E-state index contributed by atoms with van der Waals surface area (Å²) in [7, 11) is 5.75. The number of methoxy groups -OCH3 is 1. The molecular formula is C27H35N5O2S. The molecule has 1 aliphatic heterocycles. The van der Waals surface area contributed by atoms with Gasteiger partial charge in [0.2, 0.25) is 5.91 Å². The average Bonchev–Trinajstić information content (AvgIpc) is 3.30. The highest BCUT2D eigenvalue weighted by molar-refractivity contribution is 7.97. The Morgan fingerprint density at radius 2 is 1.94 bits per heavy atom. The molecule has 1 amide bonds. The topological polar surface area (TPSA) is 62.6 Å². The average molecular weight is 494 g/mol. The summed E-state index contributed by atoms with van der Waals surface area (Å²) in [6.07, 6.45) is 6.56. The van der Waals surface area contributed by atoms with Crippen molar-refractivity contribution in [2.24, 2.45) is 7.05 Å². The fourth-order valence-electron chi connectivity index (χ4n) is 4.50. The number of ether oxygens (including phenoxy) is 1. The van der Waals surface area contributed by atoms with Crippen LogP contribution in [0.25, 0.3) is 0 Å². The molecule has 0 unspecified atom stereocenters. The van der Waals surface area contributed by atoms with E-state index in [-0.39, 0.29) is 5.91 Å². The van der Waals surface area contributed by atoms with Gasteiger partial charge in [0.1, 0.15) is 5.75 Å². The van der Waals surface area contributed by atoms with Crippen LogP contribution in [0.4, 0.5) is 11.4 Å². The molecule has 0 saturated carbocycles. The van der Waals surface area contributed by atoms with Gasteiger partial charge in [-0.15, -0.1) is 0 Å². The van der Waals surface area contributed by atoms with Crippen molar-refractivity contribution < 1.29 is 9.53 Å². The van der Waals surface area contributed by atoms with Crippen LogP contribution in [-0.2, 0) is 11.8 Å². The van der Waals surface area contributed by atoms with Gasteiger partial charge in [0, 0.05) is 67.2 Å². The molecule has 1 N–H and O–H groups in total. The van der Waals surface area contributed by atoms with Crippen molar-refractivity contribution in [2.45, 2.75) is 37.0 Å². The molecule has 0 aliphatic carbocycles. The second-order valence-electron chi connectivity index (χ2n) is 9.11. The zero-order chi connectivity index (χ0) is 24.8. The summed E-state index contributed by atoms with van der Waals surface area (Å²) in [4.78, 5) is 20.3. The monoisotopic (exact) mass is 493 g/mol. The molecule has 2 aromatic carbocycles. The Balaban J connectivity index is 1.21. The minimum absolute atomic E-state index is 0.0219. The van der Waals surface area contributed by atoms with E-state index in [9.17, 15) is 4.79 Å². The van der Waals surface area contributed by atoms with Crippen LogP contribution in [0.5, 0.6) is 5.75 Å². The Kier molecular flexibility index (Phi) is 8.36. The SMILES string of the molecule is COc1ccc(SN(C)CCC(=O)Nc2ccc(N3CCC(c4cncn4C)CC3)cc2)c(C)c1. The molecular weight excluding hydrogens is 458 g/mol. The Morgan fingerprint density at radius 1 is 1.20 bits per heavy atom. The van der Waals surface area contributed by atoms with Gasteiger partial charge >= 0.3 is 0 Å². The molecule has 3 aromatic rings. The number of rotatable bonds is 9. The zero-order valence-corrected chi connectivity index (χ0v) is 21.8. The predicted octanol–water partition coefficient (Wildman–Crippen LogP) is 5.09. The van der Waals surface area contributed by atoms with Gasteiger partial charge in [0.25, 0.3) is 0 Å². The number of imidazole rings is 1. The smallest absolute Gasteiger partial charge is 0.225 e. The fraction of sp³-hybridized carbons (Fsp3) is 0.407. The zero-order valence-electron chi connectivity index (χ0n) is 21.0. The molecule has 4 rings (SSSR count). The lowest BCUT2D eigenvalue weighted by Gasteiger charge is -2.33. The molecule has 35 heavy (non-hydrogen) atoms. The number of hydrogen-bond acceptors (Lipinski definition) is 6. The molecule has 1 aromatic heterocycles. The van der Waals surface area contributed by atoms with Crippen LogP contribution in [0.15, 0.2) is 59.9 Å². The third-order valence-electron chi connectivity index (χ3n) is 6.57. The second kappa shape index (κ2) is 11.6. The van der Waals surface area contributed by atoms with Crippen LogP contribution in [-0.4, -0.2) is 53.6 Å². The lowest BCUT2D eigenvalue weighted by molar-refractivity contribution is -0.116. The molecule has 1 aliphatic rings. The van der Waals surface area contributed by atoms with Crippen LogP contribution in [0, 0.1) is 6.92 Å². The number of amides is 1. The van der Waals surface area contributed by atoms with Gasteiger partial charge in [-0.3, -0.25) is 4.79 Å². The molecule has 186 valence electrons. The summed E-state index contributed by atoms with van der Waals surface area (Å²) < 4.78 is 9.50. The summed E-state index contributed by atoms with van der Waals surface area (Å²) in [5, 5.41) is 3.03. The maximum Gasteiger partial charge on any atom is 0.225 e. The van der Waals surface area contributed by atoms with Gasteiger partial charge in [0.15, 0.2) is 0 Å². The summed E-state index contributed by atoms with van der Waals surface area (Å²) in [6, 6.07) is 14.2. The highest BCUT2D eigenvalue weighted by Crippen LogP contribution is 2.31. The number of carbonyl (C=O) groups is 1. The summed E-state index contributed by atoms with van der Waals surface area (Å²) >= 11 is 1.64. The van der Waals surface area contributed by atoms with Crippen LogP contribution in [0.1, 0.15) is 36.4 Å². The summed E-state index contributed by atoms with van der Waals surface area (Å²) in [6.45, 7) is 4.78. The van der Waals surface area contributed by atoms with E-state index in [4.69, 9.17) is 4.74 Å². The van der Waals surface area contributed by atoms with E-state index in [0.29, 0.717) is 18.9 Å². The highest BCUT2D eigenvalue weighted by Gasteiger charge is 2.22. The summed E-state index contributed by atoms with van der Waals surface area (Å²) in [5.41, 5.74) is 4.53. The minimum atomic E-state index is 0.0219. The van der Waals surface area contributed by atoms with Gasteiger partial charge in [0.05, 0.1) is 13.4 Å². The van der Waals surface area contributed by atoms with E-state index < -0.39 is 0 Å². The van der Waals surface area contributed by atoms with Crippen LogP contribution in [0.3, 0.4) is 0 Å². The number of anilines is 2. The first-order chi connectivity index (χ1) is 16.9. The fourth-order valence-corrected chi connectivity index (χ4v) is 5.35. The third-order valence-corrected chi connectivity index (χ3v) is 7.72. The third kappa shape index (κ3) is 6.58. The Labute approximate surface area is 212 Å². The lowest BCUT2D eigenvalue weighted by atomic mass is 9.93. The number of aromatic nitrogens is 2. The van der Waals surface area contributed by atoms with Crippen LogP contribution in [0.2, 0.25) is 0 Å². The first kappa shape index (κ1) is 25.1. The number of nitrogens with zero attached hydrogens (tertiary/aromatic N) is 4. The number of benzene rings is 2. The van der Waals surface area contributed by atoms with Crippen molar-refractivity contribution in [1.82, 2.24) is 13.9 Å². The maximum atomic E-state index is 12.5. The Hall–Kier alpha value is -2.97. The molecule has 8 heteroatoms. The van der Waals surface area contributed by atoms with E-state index in [1.54, 1.807) is 19.1 Å². The van der Waals surface area contributed by atoms with Crippen molar-refractivity contribution in [3.8, 4) is 5.75 Å². The number of hydrogen-bond donors (Lipinski definition) is 1. The maximum absolute atomic E-state index is 12.5. The van der Waals surface area contributed by atoms with E-state index >= 15 is 0 Å². The van der Waals surface area contributed by atoms with Gasteiger partial charge in [-0.2, -0.15) is 0 Å². The first-order valence-electron chi connectivity index (χ1n) is 12.1. The van der Waals surface area contributed by atoms with Crippen LogP contribution >= 0.6 is 11.9 Å².